The van der Waals surface area contributed by atoms with Gasteiger partial charge in [0.05, 0.1) is 0 Å². The zero-order chi connectivity index (χ0) is 4.12. The van der Waals surface area contributed by atoms with Crippen LogP contribution in [0.15, 0.2) is 0 Å². The summed E-state index contributed by atoms with van der Waals surface area (Å²) in [7, 11) is 0. The molecule has 0 unspecified atom stereocenters. The Labute approximate surface area is 51.5 Å². The van der Waals surface area contributed by atoms with Gasteiger partial charge in [-0.2, -0.15) is 0 Å². The second kappa shape index (κ2) is 4.80. The maximum atomic E-state index is 2.23. The maximum absolute atomic E-state index is 2.23. The monoisotopic (exact) mass is 180 g/mol. The van der Waals surface area contributed by atoms with Crippen molar-refractivity contribution in [1.29, 1.82) is 0 Å². The van der Waals surface area contributed by atoms with Gasteiger partial charge < -0.3 is 4.28 Å². The second-order valence-electron chi connectivity index (χ2n) is 1.10. The van der Waals surface area contributed by atoms with E-state index in [0.717, 1.165) is 0 Å². The predicted octanol–water partition coefficient (Wildman–Crippen LogP) is 1.71. The van der Waals surface area contributed by atoms with Crippen LogP contribution in [0, 0.1) is 0 Å². The molecule has 0 radical (unpaired) electrons. The van der Waals surface area contributed by atoms with E-state index < -0.39 is 0 Å². The molecule has 0 aromatic heterocycles. The van der Waals surface area contributed by atoms with Gasteiger partial charge in [-0.3, -0.25) is 0 Å². The number of hydrogen-bond acceptors (Lipinski definition) is 0. The Morgan fingerprint density at radius 3 is 2.40 bits per heavy atom. The van der Waals surface area contributed by atoms with Crippen LogP contribution >= 0.6 is 0 Å². The molecule has 0 aromatic carbocycles. The van der Waals surface area contributed by atoms with Gasteiger partial charge in [-0.1, -0.05) is 0 Å². The predicted molar refractivity (Wildman–Crippen MR) is 28.8 cm³/mol. The third kappa shape index (κ3) is 4.80. The van der Waals surface area contributed by atoms with E-state index in [0.29, 0.717) is 0 Å². The number of rotatable bonds is 2. The van der Waals surface area contributed by atoms with Crippen molar-refractivity contribution < 1.29 is 4.28 Å². The first-order chi connectivity index (χ1) is 2.41. The van der Waals surface area contributed by atoms with E-state index in [2.05, 4.69) is 6.92 Å². The molecule has 5 heavy (non-hydrogen) atoms. The van der Waals surface area contributed by atoms with Crippen LogP contribution in [0.2, 0.25) is 4.44 Å². The number of unbranched alkanes of at least 4 members (excludes halogenated alkanes) is 1. The van der Waals surface area contributed by atoms with E-state index in [1.807, 2.05) is 0 Å². The van der Waals surface area contributed by atoms with E-state index in [1.165, 1.54) is 17.3 Å². The Morgan fingerprint density at radius 2 is 2.40 bits per heavy atom. The van der Waals surface area contributed by atoms with Gasteiger partial charge >= 0.3 is 46.7 Å². The third-order valence-electron chi connectivity index (χ3n) is 0.530. The average molecular weight is 179 g/mol. The van der Waals surface area contributed by atoms with Gasteiger partial charge in [0.25, 0.3) is 0 Å². The average Bonchev–Trinajstić information content (AvgIpc) is 1.41. The van der Waals surface area contributed by atoms with Crippen molar-refractivity contribution in [3.8, 4) is 0 Å². The summed E-state index contributed by atoms with van der Waals surface area (Å²) in [5.41, 5.74) is 0. The van der Waals surface area contributed by atoms with E-state index in [1.54, 1.807) is 22.5 Å². The van der Waals surface area contributed by atoms with Crippen molar-refractivity contribution in [1.82, 2.24) is 0 Å². The van der Waals surface area contributed by atoms with Gasteiger partial charge in [0.1, 0.15) is 0 Å². The summed E-state index contributed by atoms with van der Waals surface area (Å²) in [4.78, 5) is 0. The first-order valence-electron chi connectivity index (χ1n) is 2.06. The molecule has 0 fully saturated rings. The molecule has 0 aliphatic heterocycles. The van der Waals surface area contributed by atoms with Crippen LogP contribution in [0.25, 0.3) is 0 Å². The van der Waals surface area contributed by atoms with Gasteiger partial charge in [-0.25, -0.2) is 0 Å². The normalized spacial score (nSPS) is 8.60. The Hall–Kier alpha value is 0.799. The zero-order valence-corrected chi connectivity index (χ0v) is 6.48. The fraction of sp³-hybridized carbons (Fsp3) is 1.00. The molecule has 32 valence electrons. The summed E-state index contributed by atoms with van der Waals surface area (Å²) >= 11 is 1.68. The van der Waals surface area contributed by atoms with Gasteiger partial charge in [0.2, 0.25) is 0 Å². The van der Waals surface area contributed by atoms with Crippen molar-refractivity contribution >= 4 is 22.5 Å². The molecule has 0 atom stereocenters. The van der Waals surface area contributed by atoms with E-state index in [-0.39, 0.29) is 4.28 Å². The van der Waals surface area contributed by atoms with Crippen LogP contribution in [0.1, 0.15) is 24.0 Å². The Bertz CT molecular complexity index is 18.8. The molecule has 0 saturated heterocycles. The summed E-state index contributed by atoms with van der Waals surface area (Å²) in [6, 6.07) is 0. The van der Waals surface area contributed by atoms with Gasteiger partial charge in [0.15, 0.2) is 0 Å². The SMILES string of the molecule is CCC[CH2][Sn+3].[H-].[H-].[H-]. The molecular weight excluding hydrogens is 167 g/mol. The summed E-state index contributed by atoms with van der Waals surface area (Å²) in [5, 5.41) is 0. The molecule has 0 saturated carbocycles. The Balaban J connectivity index is -0.0000000267. The van der Waals surface area contributed by atoms with Crippen molar-refractivity contribution in [2.45, 2.75) is 24.2 Å². The first-order valence-corrected chi connectivity index (χ1v) is 4.08. The van der Waals surface area contributed by atoms with E-state index >= 15 is 0 Å². The van der Waals surface area contributed by atoms with Gasteiger partial charge in [0, 0.05) is 0 Å². The zero-order valence-electron chi connectivity index (χ0n) is 6.62. The molecule has 0 nitrogen and oxygen atoms in total. The fourth-order valence-electron chi connectivity index (χ4n) is 0.177. The van der Waals surface area contributed by atoms with Crippen LogP contribution in [-0.4, -0.2) is 22.5 Å². The molecule has 0 aliphatic carbocycles. The van der Waals surface area contributed by atoms with Crippen molar-refractivity contribution in [3.05, 3.63) is 0 Å². The van der Waals surface area contributed by atoms with Crippen LogP contribution < -0.4 is 0 Å². The molecule has 0 heterocycles. The maximum Gasteiger partial charge on any atom is -1.00 e. The summed E-state index contributed by atoms with van der Waals surface area (Å²) in [5.74, 6) is 0. The first kappa shape index (κ1) is 5.80. The summed E-state index contributed by atoms with van der Waals surface area (Å²) in [6.45, 7) is 2.23. The molecule has 0 aliphatic rings. The third-order valence-corrected chi connectivity index (χ3v) is 1.54. The van der Waals surface area contributed by atoms with Gasteiger partial charge in [-0.15, -0.1) is 0 Å². The number of hydrogen-bond donors (Lipinski definition) is 0. The smallest absolute Gasteiger partial charge is 1.00 e. The van der Waals surface area contributed by atoms with Crippen molar-refractivity contribution in [2.24, 2.45) is 0 Å². The molecule has 0 bridgehead atoms. The van der Waals surface area contributed by atoms with Crippen LogP contribution in [0.5, 0.6) is 0 Å². The second-order valence-corrected chi connectivity index (χ2v) is 2.53. The van der Waals surface area contributed by atoms with Crippen molar-refractivity contribution in [2.75, 3.05) is 0 Å². The van der Waals surface area contributed by atoms with Crippen LogP contribution in [0.3, 0.4) is 0 Å². The molecule has 0 aromatic rings. The summed E-state index contributed by atoms with van der Waals surface area (Å²) in [6.07, 6.45) is 2.80. The Morgan fingerprint density at radius 1 is 1.80 bits per heavy atom. The quantitative estimate of drug-likeness (QED) is 0.565. The minimum atomic E-state index is 0. The molecule has 1 heteroatoms. The van der Waals surface area contributed by atoms with E-state index in [4.69, 9.17) is 0 Å². The molecular formula is C4H12Sn. The molecule has 0 amide bonds. The fourth-order valence-corrected chi connectivity index (χ4v) is 1.19. The minimum Gasteiger partial charge on any atom is -1.00 e. The molecule has 0 N–H and O–H groups in total. The molecule has 0 spiro atoms. The van der Waals surface area contributed by atoms with Gasteiger partial charge in [-0.05, 0) is 0 Å². The molecule has 0 rings (SSSR count). The summed E-state index contributed by atoms with van der Waals surface area (Å²) < 4.78 is 1.43. The largest absolute Gasteiger partial charge is 1.00 e. The Kier molecular flexibility index (Phi) is 5.57. The van der Waals surface area contributed by atoms with Crippen molar-refractivity contribution in [3.63, 3.8) is 0 Å². The minimum absolute atomic E-state index is 0. The van der Waals surface area contributed by atoms with Crippen LogP contribution in [0.4, 0.5) is 0 Å². The van der Waals surface area contributed by atoms with Crippen LogP contribution in [-0.2, 0) is 0 Å². The standard InChI is InChI=1S/C4H9.Sn.3H/c1-3-4-2;;;;/h1,3-4H2,2H3;;;;/q;+3;3*-1. The topological polar surface area (TPSA) is 0 Å². The van der Waals surface area contributed by atoms with E-state index in [9.17, 15) is 0 Å².